The first-order chi connectivity index (χ1) is 20.3. The minimum Gasteiger partial charge on any atom is -0.508 e. The maximum atomic E-state index is 16.6. The summed E-state index contributed by atoms with van der Waals surface area (Å²) in [5, 5.41) is 11.6. The van der Waals surface area contributed by atoms with Crippen molar-refractivity contribution in [3.05, 3.63) is 47.7 Å². The molecule has 214 valence electrons. The summed E-state index contributed by atoms with van der Waals surface area (Å²) < 4.78 is 51.9. The van der Waals surface area contributed by atoms with Crippen molar-refractivity contribution in [1.82, 2.24) is 19.9 Å². The van der Waals surface area contributed by atoms with Gasteiger partial charge in [-0.2, -0.15) is 9.97 Å². The Morgan fingerprint density at radius 3 is 2.86 bits per heavy atom. The number of terminal acetylenes is 1. The molecule has 1 aliphatic carbocycles. The van der Waals surface area contributed by atoms with E-state index in [4.69, 9.17) is 16.1 Å². The van der Waals surface area contributed by atoms with Crippen LogP contribution in [0.4, 0.5) is 19.0 Å². The van der Waals surface area contributed by atoms with Gasteiger partial charge in [-0.1, -0.05) is 12.0 Å². The summed E-state index contributed by atoms with van der Waals surface area (Å²) in [7, 11) is 0. The summed E-state index contributed by atoms with van der Waals surface area (Å²) >= 11 is 0. The number of benzene rings is 2. The number of aromatic hydroxyl groups is 1. The largest absolute Gasteiger partial charge is 0.508 e. The van der Waals surface area contributed by atoms with E-state index in [-0.39, 0.29) is 46.1 Å². The van der Waals surface area contributed by atoms with Crippen molar-refractivity contribution < 1.29 is 23.0 Å². The molecular formula is C32H28F3N5O2. The number of aromatic nitrogens is 3. The molecule has 4 aliphatic rings. The van der Waals surface area contributed by atoms with Gasteiger partial charge in [0.2, 0.25) is 0 Å². The molecule has 0 amide bonds. The summed E-state index contributed by atoms with van der Waals surface area (Å²) in [5.41, 5.74) is -0.414. The fourth-order valence-corrected chi connectivity index (χ4v) is 7.55. The topological polar surface area (TPSA) is 74.6 Å². The van der Waals surface area contributed by atoms with Crippen LogP contribution in [0, 0.1) is 29.9 Å². The first-order valence-electron chi connectivity index (χ1n) is 14.4. The zero-order valence-electron chi connectivity index (χ0n) is 22.8. The van der Waals surface area contributed by atoms with Crippen LogP contribution < -0.4 is 9.64 Å². The maximum Gasteiger partial charge on any atom is 0.319 e. The minimum atomic E-state index is -0.903. The predicted octanol–water partition coefficient (Wildman–Crippen LogP) is 5.36. The number of fused-ring (bicyclic) bond motifs is 4. The van der Waals surface area contributed by atoms with E-state index in [9.17, 15) is 13.9 Å². The lowest BCUT2D eigenvalue weighted by atomic mass is 9.95. The number of phenols is 1. The van der Waals surface area contributed by atoms with E-state index in [1.807, 2.05) is 0 Å². The van der Waals surface area contributed by atoms with Crippen LogP contribution in [0.3, 0.4) is 0 Å². The standard InChI is InChI=1S/C32H28F3N5O2/c1-2-21-24(34)5-4-18-10-20(41)12-22(26(18)21)28-27(35)29-23(14-36-28)30(40-9-6-17-11-25(17)40)38-31(37-29)42-16-32-7-3-8-39(32)15-19(33)13-32/h1,4-5,10,12,14,17,19,25,41H,3,6-9,11,13,15-16H2/t17?,19-,25?,32+/m1/s1. The third kappa shape index (κ3) is 3.83. The molecule has 4 atom stereocenters. The number of alkyl halides is 1. The van der Waals surface area contributed by atoms with Gasteiger partial charge in [-0.05, 0) is 61.7 Å². The van der Waals surface area contributed by atoms with Crippen molar-refractivity contribution in [2.45, 2.75) is 49.9 Å². The van der Waals surface area contributed by atoms with Gasteiger partial charge in [0.25, 0.3) is 0 Å². The Morgan fingerprint density at radius 2 is 2.07 bits per heavy atom. The highest BCUT2D eigenvalue weighted by Gasteiger charge is 2.50. The van der Waals surface area contributed by atoms with Crippen LogP contribution in [0.5, 0.6) is 11.8 Å². The lowest BCUT2D eigenvalue weighted by Gasteiger charge is -2.31. The molecule has 4 fully saturated rings. The van der Waals surface area contributed by atoms with Gasteiger partial charge in [-0.3, -0.25) is 9.88 Å². The summed E-state index contributed by atoms with van der Waals surface area (Å²) in [5.74, 6) is 2.00. The highest BCUT2D eigenvalue weighted by atomic mass is 19.1. The normalized spacial score (nSPS) is 26.5. The van der Waals surface area contributed by atoms with Gasteiger partial charge < -0.3 is 14.7 Å². The zero-order valence-corrected chi connectivity index (χ0v) is 22.8. The van der Waals surface area contributed by atoms with Gasteiger partial charge in [0, 0.05) is 42.7 Å². The summed E-state index contributed by atoms with van der Waals surface area (Å²) in [6, 6.07) is 5.83. The fourth-order valence-electron chi connectivity index (χ4n) is 7.55. The molecule has 8 rings (SSSR count). The third-order valence-electron chi connectivity index (χ3n) is 9.62. The van der Waals surface area contributed by atoms with Crippen LogP contribution >= 0.6 is 0 Å². The van der Waals surface area contributed by atoms with Crippen molar-refractivity contribution in [2.75, 3.05) is 31.1 Å². The zero-order chi connectivity index (χ0) is 28.7. The van der Waals surface area contributed by atoms with E-state index in [1.54, 1.807) is 0 Å². The van der Waals surface area contributed by atoms with Crippen LogP contribution in [0.1, 0.15) is 37.7 Å². The number of hydrogen-bond acceptors (Lipinski definition) is 7. The number of phenolic OH excluding ortho intramolecular Hbond substituents is 1. The van der Waals surface area contributed by atoms with E-state index in [0.29, 0.717) is 41.5 Å². The Morgan fingerprint density at radius 1 is 1.19 bits per heavy atom. The molecule has 1 saturated carbocycles. The van der Waals surface area contributed by atoms with E-state index in [2.05, 4.69) is 25.7 Å². The monoisotopic (exact) mass is 571 g/mol. The van der Waals surface area contributed by atoms with Crippen molar-refractivity contribution in [3.63, 3.8) is 0 Å². The van der Waals surface area contributed by atoms with Crippen LogP contribution in [-0.4, -0.2) is 69.0 Å². The lowest BCUT2D eigenvalue weighted by molar-refractivity contribution is 0.107. The molecule has 3 aliphatic heterocycles. The van der Waals surface area contributed by atoms with E-state index < -0.39 is 23.3 Å². The van der Waals surface area contributed by atoms with Gasteiger partial charge in [-0.15, -0.1) is 6.42 Å². The average Bonchev–Trinajstić information content (AvgIpc) is 3.28. The molecule has 7 nitrogen and oxygen atoms in total. The van der Waals surface area contributed by atoms with Crippen molar-refractivity contribution in [2.24, 2.45) is 5.92 Å². The van der Waals surface area contributed by atoms with E-state index in [0.717, 1.165) is 38.8 Å². The van der Waals surface area contributed by atoms with Crippen LogP contribution in [0.15, 0.2) is 30.5 Å². The molecular weight excluding hydrogens is 543 g/mol. The molecule has 42 heavy (non-hydrogen) atoms. The molecule has 2 unspecified atom stereocenters. The molecule has 4 aromatic rings. The molecule has 1 N–H and O–H groups in total. The van der Waals surface area contributed by atoms with Crippen molar-refractivity contribution in [1.29, 1.82) is 0 Å². The van der Waals surface area contributed by atoms with Crippen LogP contribution in [-0.2, 0) is 0 Å². The Hall–Kier alpha value is -4.10. The second-order valence-corrected chi connectivity index (χ2v) is 12.1. The summed E-state index contributed by atoms with van der Waals surface area (Å²) in [4.78, 5) is 18.1. The Balaban J connectivity index is 1.28. The quantitative estimate of drug-likeness (QED) is 0.323. The Bertz CT molecular complexity index is 1830. The van der Waals surface area contributed by atoms with Gasteiger partial charge in [0.05, 0.1) is 16.5 Å². The van der Waals surface area contributed by atoms with Crippen molar-refractivity contribution in [3.8, 4) is 35.4 Å². The molecule has 5 heterocycles. The number of pyridine rings is 1. The first kappa shape index (κ1) is 25.6. The number of hydrogen-bond donors (Lipinski definition) is 1. The number of anilines is 1. The van der Waals surface area contributed by atoms with Crippen molar-refractivity contribution >= 4 is 27.5 Å². The SMILES string of the molecule is C#Cc1c(F)ccc2cc(O)cc(-c3ncc4c(N5CCC6CC65)nc(OC[C@@]56CCCN5C[C@H](F)C6)nc4c3F)c12. The molecule has 10 heteroatoms. The highest BCUT2D eigenvalue weighted by molar-refractivity contribution is 6.03. The lowest BCUT2D eigenvalue weighted by Crippen LogP contribution is -2.43. The number of piperidine rings is 1. The van der Waals surface area contributed by atoms with E-state index in [1.165, 1.54) is 30.5 Å². The number of ether oxygens (including phenoxy) is 1. The van der Waals surface area contributed by atoms with E-state index >= 15 is 4.39 Å². The second kappa shape index (κ2) is 9.20. The van der Waals surface area contributed by atoms with Crippen LogP contribution in [0.2, 0.25) is 0 Å². The second-order valence-electron chi connectivity index (χ2n) is 12.1. The summed E-state index contributed by atoms with van der Waals surface area (Å²) in [6.45, 7) is 2.22. The number of rotatable bonds is 5. The fraction of sp³-hybridized carbons (Fsp3) is 0.406. The Labute approximate surface area is 240 Å². The van der Waals surface area contributed by atoms with Gasteiger partial charge in [0.1, 0.15) is 41.4 Å². The molecule has 0 radical (unpaired) electrons. The highest BCUT2D eigenvalue weighted by Crippen LogP contribution is 2.48. The minimum absolute atomic E-state index is 0.00909. The van der Waals surface area contributed by atoms with Crippen LogP contribution in [0.25, 0.3) is 32.9 Å². The first-order valence-corrected chi connectivity index (χ1v) is 14.4. The molecule has 0 spiro atoms. The molecule has 2 aromatic carbocycles. The molecule has 0 bridgehead atoms. The van der Waals surface area contributed by atoms with Gasteiger partial charge in [0.15, 0.2) is 5.82 Å². The van der Waals surface area contributed by atoms with Gasteiger partial charge in [-0.25, -0.2) is 13.2 Å². The number of halogens is 3. The smallest absolute Gasteiger partial charge is 0.319 e. The third-order valence-corrected chi connectivity index (χ3v) is 9.62. The van der Waals surface area contributed by atoms with Gasteiger partial charge >= 0.3 is 6.01 Å². The molecule has 2 aromatic heterocycles. The molecule has 3 saturated heterocycles. The summed E-state index contributed by atoms with van der Waals surface area (Å²) in [6.07, 6.45) is 10.5. The Kier molecular flexibility index (Phi) is 5.61. The predicted molar refractivity (Wildman–Crippen MR) is 152 cm³/mol. The maximum absolute atomic E-state index is 16.6. The average molecular weight is 572 g/mol. The number of nitrogens with zero attached hydrogens (tertiary/aromatic N) is 5.